The van der Waals surface area contributed by atoms with E-state index < -0.39 is 12.2 Å². The van der Waals surface area contributed by atoms with Gasteiger partial charge >= 0.3 is 6.03 Å². The van der Waals surface area contributed by atoms with Crippen LogP contribution in [-0.2, 0) is 4.79 Å². The molecule has 0 aliphatic rings. The zero-order chi connectivity index (χ0) is 8.15. The van der Waals surface area contributed by atoms with E-state index in [1.807, 2.05) is 0 Å². The first-order chi connectivity index (χ1) is 4.63. The number of carbonyl (C=O) groups excluding carboxylic acids is 2. The quantitative estimate of drug-likeness (QED) is 0.308. The Bertz CT molecular complexity index is 137. The average Bonchev–Trinajstić information content (AvgIpc) is 1.88. The fraction of sp³-hybridized carbons (Fsp3) is 0.500. The Balaban J connectivity index is 4.05. The highest BCUT2D eigenvalue weighted by atomic mass is 16.2. The maximum atomic E-state index is 10.3. The highest BCUT2D eigenvalue weighted by molar-refractivity contribution is 5.83. The lowest BCUT2D eigenvalue weighted by molar-refractivity contribution is -0.116. The molecule has 0 spiro atoms. The predicted molar refractivity (Wildman–Crippen MR) is 34.5 cm³/mol. The minimum Gasteiger partial charge on any atom is -0.351 e. The summed E-state index contributed by atoms with van der Waals surface area (Å²) in [6, 6.07) is -0.895. The molecule has 0 aliphatic carbocycles. The molecule has 0 rings (SSSR count). The van der Waals surface area contributed by atoms with E-state index in [9.17, 15) is 9.59 Å². The van der Waals surface area contributed by atoms with Gasteiger partial charge < -0.3 is 17.2 Å². The molecule has 1 unspecified atom stereocenters. The Morgan fingerprint density at radius 2 is 2.20 bits per heavy atom. The largest absolute Gasteiger partial charge is 0.351 e. The van der Waals surface area contributed by atoms with Crippen molar-refractivity contribution >= 4 is 12.4 Å². The van der Waals surface area contributed by atoms with Gasteiger partial charge in [-0.1, -0.05) is 0 Å². The molecule has 1 atom stereocenters. The van der Waals surface area contributed by atoms with Gasteiger partial charge in [-0.05, 0) is 0 Å². The van der Waals surface area contributed by atoms with E-state index in [1.54, 1.807) is 0 Å². The number of urea groups is 1. The molecule has 0 radical (unpaired) electrons. The van der Waals surface area contributed by atoms with E-state index in [4.69, 9.17) is 17.2 Å². The van der Waals surface area contributed by atoms with Crippen LogP contribution >= 0.6 is 0 Å². The van der Waals surface area contributed by atoms with Gasteiger partial charge in [0.2, 0.25) is 6.41 Å². The van der Waals surface area contributed by atoms with Crippen LogP contribution in [0.3, 0.4) is 0 Å². The van der Waals surface area contributed by atoms with Crippen molar-refractivity contribution < 1.29 is 9.59 Å². The number of nitrogens with zero attached hydrogens (tertiary/aromatic N) is 1. The normalized spacial score (nSPS) is 12.2. The van der Waals surface area contributed by atoms with Gasteiger partial charge in [0, 0.05) is 6.54 Å². The Hall–Kier alpha value is -1.14. The van der Waals surface area contributed by atoms with Gasteiger partial charge in [0.15, 0.2) is 0 Å². The molecular formula is C4H10N4O2. The van der Waals surface area contributed by atoms with Crippen LogP contribution in [0.4, 0.5) is 4.79 Å². The van der Waals surface area contributed by atoms with Gasteiger partial charge in [0.05, 0.1) is 0 Å². The second-order valence-electron chi connectivity index (χ2n) is 1.65. The lowest BCUT2D eigenvalue weighted by Crippen LogP contribution is -2.51. The molecule has 0 heterocycles. The Kier molecular flexibility index (Phi) is 3.37. The zero-order valence-electron chi connectivity index (χ0n) is 5.36. The smallest absolute Gasteiger partial charge is 0.322 e. The summed E-state index contributed by atoms with van der Waals surface area (Å²) in [6.07, 6.45) is -0.574. The van der Waals surface area contributed by atoms with Gasteiger partial charge in [-0.2, -0.15) is 0 Å². The summed E-state index contributed by atoms with van der Waals surface area (Å²) in [7, 11) is 0. The van der Waals surface area contributed by atoms with Crippen LogP contribution in [0.15, 0.2) is 0 Å². The van der Waals surface area contributed by atoms with Crippen molar-refractivity contribution in [2.75, 3.05) is 6.54 Å². The summed E-state index contributed by atoms with van der Waals surface area (Å²) < 4.78 is 0. The van der Waals surface area contributed by atoms with Gasteiger partial charge in [0.1, 0.15) is 6.17 Å². The van der Waals surface area contributed by atoms with Crippen molar-refractivity contribution in [3.63, 3.8) is 0 Å². The first-order valence-corrected chi connectivity index (χ1v) is 2.62. The number of hydrogen-bond acceptors (Lipinski definition) is 4. The summed E-state index contributed by atoms with van der Waals surface area (Å²) >= 11 is 0. The summed E-state index contributed by atoms with van der Waals surface area (Å²) in [5.74, 6) is 0. The van der Waals surface area contributed by atoms with Crippen molar-refractivity contribution in [1.82, 2.24) is 4.90 Å². The third-order valence-corrected chi connectivity index (χ3v) is 0.967. The van der Waals surface area contributed by atoms with Crippen molar-refractivity contribution in [3.8, 4) is 0 Å². The van der Waals surface area contributed by atoms with Crippen LogP contribution in [-0.4, -0.2) is 30.1 Å². The maximum absolute atomic E-state index is 10.3. The number of nitrogens with two attached hydrogens (primary N) is 3. The van der Waals surface area contributed by atoms with Crippen LogP contribution in [0.1, 0.15) is 0 Å². The van der Waals surface area contributed by atoms with Crippen LogP contribution in [0.25, 0.3) is 0 Å². The highest BCUT2D eigenvalue weighted by Gasteiger charge is 2.14. The SMILES string of the molecule is NCC(N)N(C=O)C(N)=O. The Labute approximate surface area is 57.9 Å². The first kappa shape index (κ1) is 8.86. The molecule has 0 aromatic heterocycles. The lowest BCUT2D eigenvalue weighted by atomic mass is 10.5. The number of carbonyl (C=O) groups is 2. The van der Waals surface area contributed by atoms with Crippen LogP contribution < -0.4 is 17.2 Å². The summed E-state index contributed by atoms with van der Waals surface area (Å²) in [5.41, 5.74) is 15.0. The minimum atomic E-state index is -0.895. The second kappa shape index (κ2) is 3.80. The molecule has 0 fully saturated rings. The van der Waals surface area contributed by atoms with Gasteiger partial charge in [-0.25, -0.2) is 9.69 Å². The van der Waals surface area contributed by atoms with Crippen molar-refractivity contribution in [2.45, 2.75) is 6.17 Å². The third-order valence-electron chi connectivity index (χ3n) is 0.967. The molecule has 58 valence electrons. The van der Waals surface area contributed by atoms with Gasteiger partial charge in [0.25, 0.3) is 0 Å². The third kappa shape index (κ3) is 2.00. The molecule has 10 heavy (non-hydrogen) atoms. The molecule has 3 amide bonds. The average molecular weight is 146 g/mol. The summed E-state index contributed by atoms with van der Waals surface area (Å²) in [4.78, 5) is 21.0. The predicted octanol–water partition coefficient (Wildman–Crippen LogP) is -2.23. The van der Waals surface area contributed by atoms with E-state index in [0.29, 0.717) is 4.90 Å². The van der Waals surface area contributed by atoms with Crippen molar-refractivity contribution in [2.24, 2.45) is 17.2 Å². The van der Waals surface area contributed by atoms with Crippen LogP contribution in [0.5, 0.6) is 0 Å². The van der Waals surface area contributed by atoms with E-state index >= 15 is 0 Å². The number of imide groups is 1. The monoisotopic (exact) mass is 146 g/mol. The molecular weight excluding hydrogens is 136 g/mol. The van der Waals surface area contributed by atoms with E-state index in [-0.39, 0.29) is 13.0 Å². The fourth-order valence-corrected chi connectivity index (χ4v) is 0.407. The summed E-state index contributed by atoms with van der Waals surface area (Å²) in [5, 5.41) is 0. The molecule has 0 saturated carbocycles. The molecule has 0 aliphatic heterocycles. The van der Waals surface area contributed by atoms with E-state index in [0.717, 1.165) is 0 Å². The van der Waals surface area contributed by atoms with Crippen molar-refractivity contribution in [3.05, 3.63) is 0 Å². The molecule has 6 N–H and O–H groups in total. The van der Waals surface area contributed by atoms with Crippen molar-refractivity contribution in [1.29, 1.82) is 0 Å². The molecule has 0 saturated heterocycles. The maximum Gasteiger partial charge on any atom is 0.322 e. The number of hydrogen-bond donors (Lipinski definition) is 3. The van der Waals surface area contributed by atoms with Crippen LogP contribution in [0, 0.1) is 0 Å². The molecule has 0 bridgehead atoms. The molecule has 0 aromatic rings. The molecule has 6 heteroatoms. The lowest BCUT2D eigenvalue weighted by Gasteiger charge is -2.18. The topological polar surface area (TPSA) is 115 Å². The minimum absolute atomic E-state index is 0.00167. The Morgan fingerprint density at radius 3 is 2.30 bits per heavy atom. The first-order valence-electron chi connectivity index (χ1n) is 2.62. The zero-order valence-corrected chi connectivity index (χ0v) is 5.36. The molecule has 0 aromatic carbocycles. The highest BCUT2D eigenvalue weighted by Crippen LogP contribution is 1.84. The number of primary amides is 1. The van der Waals surface area contributed by atoms with E-state index in [2.05, 4.69) is 0 Å². The van der Waals surface area contributed by atoms with Gasteiger partial charge in [-0.15, -0.1) is 0 Å². The standard InChI is InChI=1S/C4H10N4O2/c5-1-3(6)8(2-9)4(7)10/h2-3H,1,5-6H2,(H2,7,10). The van der Waals surface area contributed by atoms with Crippen LogP contribution in [0.2, 0.25) is 0 Å². The number of rotatable bonds is 3. The second-order valence-corrected chi connectivity index (χ2v) is 1.65. The fourth-order valence-electron chi connectivity index (χ4n) is 0.407. The molecule has 6 nitrogen and oxygen atoms in total. The van der Waals surface area contributed by atoms with E-state index in [1.165, 1.54) is 0 Å². The number of amides is 3. The Morgan fingerprint density at radius 1 is 1.70 bits per heavy atom. The summed E-state index contributed by atoms with van der Waals surface area (Å²) in [6.45, 7) is 0.00167. The van der Waals surface area contributed by atoms with Gasteiger partial charge in [-0.3, -0.25) is 4.79 Å².